The summed E-state index contributed by atoms with van der Waals surface area (Å²) in [6, 6.07) is 10.3. The second-order valence-electron chi connectivity index (χ2n) is 3.31. The number of halogens is 1. The average Bonchev–Trinajstić information content (AvgIpc) is 2.39. The molecule has 0 N–H and O–H groups in total. The topological polar surface area (TPSA) is 25.8 Å². The molecule has 1 aromatic heterocycles. The number of hydrogen-bond donors (Lipinski definition) is 0. The second-order valence-corrected chi connectivity index (χ2v) is 5.50. The molecule has 2 rings (SSSR count). The molecule has 0 spiro atoms. The summed E-state index contributed by atoms with van der Waals surface area (Å²) in [5, 5.41) is 9.42. The Labute approximate surface area is 114 Å². The zero-order chi connectivity index (χ0) is 12.1. The van der Waals surface area contributed by atoms with Crippen LogP contribution in [0.3, 0.4) is 0 Å². The molecule has 0 saturated heterocycles. The smallest absolute Gasteiger partial charge is 0.138 e. The van der Waals surface area contributed by atoms with Crippen molar-refractivity contribution in [1.29, 1.82) is 0 Å². The van der Waals surface area contributed by atoms with E-state index in [4.69, 9.17) is 11.6 Å². The molecule has 0 amide bonds. The molecule has 0 aliphatic heterocycles. The number of rotatable bonds is 4. The van der Waals surface area contributed by atoms with Crippen molar-refractivity contribution in [3.63, 3.8) is 0 Å². The van der Waals surface area contributed by atoms with E-state index in [9.17, 15) is 0 Å². The van der Waals surface area contributed by atoms with Gasteiger partial charge in [0.25, 0.3) is 0 Å². The summed E-state index contributed by atoms with van der Waals surface area (Å²) in [6.45, 7) is 0. The van der Waals surface area contributed by atoms with Crippen LogP contribution in [-0.2, 0) is 5.75 Å². The number of benzene rings is 1. The summed E-state index contributed by atoms with van der Waals surface area (Å²) < 4.78 is 0. The normalized spacial score (nSPS) is 10.5. The van der Waals surface area contributed by atoms with Gasteiger partial charge in [-0.2, -0.15) is 5.10 Å². The molecule has 2 aromatic rings. The lowest BCUT2D eigenvalue weighted by molar-refractivity contribution is 0.901. The highest BCUT2D eigenvalue weighted by atomic mass is 35.5. The lowest BCUT2D eigenvalue weighted by Gasteiger charge is -2.05. The van der Waals surface area contributed by atoms with Gasteiger partial charge in [0.05, 0.1) is 11.2 Å². The first kappa shape index (κ1) is 12.7. The number of hydrogen-bond acceptors (Lipinski definition) is 4. The van der Waals surface area contributed by atoms with Crippen LogP contribution in [0.15, 0.2) is 46.5 Å². The molecule has 0 aliphatic rings. The Morgan fingerprint density at radius 2 is 2.00 bits per heavy atom. The van der Waals surface area contributed by atoms with E-state index >= 15 is 0 Å². The molecule has 1 heterocycles. The van der Waals surface area contributed by atoms with E-state index in [1.54, 1.807) is 18.0 Å². The summed E-state index contributed by atoms with van der Waals surface area (Å²) in [6.07, 6.45) is 3.66. The lowest BCUT2D eigenvalue weighted by Crippen LogP contribution is -1.89. The van der Waals surface area contributed by atoms with Crippen molar-refractivity contribution >= 4 is 35.1 Å². The minimum atomic E-state index is 0.702. The highest BCUT2D eigenvalue weighted by molar-refractivity contribution is 7.99. The Hall–Kier alpha value is -0.710. The zero-order valence-corrected chi connectivity index (χ0v) is 11.6. The highest BCUT2D eigenvalue weighted by Gasteiger charge is 2.08. The molecular weight excluding hydrogens is 272 g/mol. The zero-order valence-electron chi connectivity index (χ0n) is 9.26. The van der Waals surface area contributed by atoms with Crippen molar-refractivity contribution in [2.45, 2.75) is 15.7 Å². The van der Waals surface area contributed by atoms with Gasteiger partial charge in [-0.25, -0.2) is 0 Å². The van der Waals surface area contributed by atoms with Gasteiger partial charge in [0.1, 0.15) is 5.03 Å². The standard InChI is InChI=1S/C12H11ClN2S2/c1-16-12-11(13)10(7-14-15-12)17-8-9-5-3-2-4-6-9/h2-7H,8H2,1H3. The fourth-order valence-electron chi connectivity index (χ4n) is 1.31. The van der Waals surface area contributed by atoms with E-state index < -0.39 is 0 Å². The van der Waals surface area contributed by atoms with Gasteiger partial charge in [0.15, 0.2) is 0 Å². The van der Waals surface area contributed by atoms with E-state index in [0.29, 0.717) is 5.02 Å². The lowest BCUT2D eigenvalue weighted by atomic mass is 10.2. The summed E-state index contributed by atoms with van der Waals surface area (Å²) in [5.74, 6) is 0.889. The Morgan fingerprint density at radius 3 is 2.71 bits per heavy atom. The van der Waals surface area contributed by atoms with Gasteiger partial charge in [-0.05, 0) is 11.8 Å². The first-order valence-electron chi connectivity index (χ1n) is 5.03. The Balaban J connectivity index is 2.09. The maximum absolute atomic E-state index is 6.23. The third-order valence-corrected chi connectivity index (χ3v) is 4.54. The van der Waals surface area contributed by atoms with Crippen molar-refractivity contribution in [3.05, 3.63) is 47.1 Å². The Bertz CT molecular complexity index is 491. The molecule has 2 nitrogen and oxygen atoms in total. The summed E-state index contributed by atoms with van der Waals surface area (Å²) in [4.78, 5) is 0.981. The molecule has 0 bridgehead atoms. The molecular formula is C12H11ClN2S2. The molecule has 0 fully saturated rings. The van der Waals surface area contributed by atoms with Crippen molar-refractivity contribution < 1.29 is 0 Å². The Kier molecular flexibility index (Phi) is 4.71. The molecule has 1 aromatic carbocycles. The number of thioether (sulfide) groups is 2. The molecule has 0 aliphatic carbocycles. The predicted octanol–water partition coefficient (Wildman–Crippen LogP) is 4.14. The van der Waals surface area contributed by atoms with Crippen LogP contribution in [0.25, 0.3) is 0 Å². The van der Waals surface area contributed by atoms with Crippen molar-refractivity contribution in [2.75, 3.05) is 6.26 Å². The third kappa shape index (κ3) is 3.37. The maximum Gasteiger partial charge on any atom is 0.138 e. The Morgan fingerprint density at radius 1 is 1.24 bits per heavy atom. The van der Waals surface area contributed by atoms with Crippen LogP contribution in [0.2, 0.25) is 5.02 Å². The second kappa shape index (κ2) is 6.28. The van der Waals surface area contributed by atoms with Crippen molar-refractivity contribution in [2.24, 2.45) is 0 Å². The van der Waals surface area contributed by atoms with Gasteiger partial charge in [-0.1, -0.05) is 41.9 Å². The van der Waals surface area contributed by atoms with Crippen LogP contribution < -0.4 is 0 Å². The van der Waals surface area contributed by atoms with Gasteiger partial charge in [-0.15, -0.1) is 28.6 Å². The number of nitrogens with zero attached hydrogens (tertiary/aromatic N) is 2. The fraction of sp³-hybridized carbons (Fsp3) is 0.167. The highest BCUT2D eigenvalue weighted by Crippen LogP contribution is 2.33. The molecule has 0 saturated carbocycles. The molecule has 0 atom stereocenters. The molecule has 5 heteroatoms. The van der Waals surface area contributed by atoms with Crippen LogP contribution in [0, 0.1) is 0 Å². The van der Waals surface area contributed by atoms with Crippen molar-refractivity contribution in [3.8, 4) is 0 Å². The van der Waals surface area contributed by atoms with E-state index in [2.05, 4.69) is 22.3 Å². The van der Waals surface area contributed by atoms with Crippen LogP contribution in [0.4, 0.5) is 0 Å². The first-order chi connectivity index (χ1) is 8.31. The van der Waals surface area contributed by atoms with Crippen LogP contribution in [0.1, 0.15) is 5.56 Å². The van der Waals surface area contributed by atoms with E-state index in [0.717, 1.165) is 15.7 Å². The maximum atomic E-state index is 6.23. The van der Waals surface area contributed by atoms with Gasteiger partial charge < -0.3 is 0 Å². The fourth-order valence-corrected chi connectivity index (χ4v) is 3.13. The van der Waals surface area contributed by atoms with E-state index in [-0.39, 0.29) is 0 Å². The van der Waals surface area contributed by atoms with Gasteiger partial charge in [-0.3, -0.25) is 0 Å². The van der Waals surface area contributed by atoms with Crippen LogP contribution in [-0.4, -0.2) is 16.5 Å². The van der Waals surface area contributed by atoms with E-state index in [1.807, 2.05) is 24.5 Å². The van der Waals surface area contributed by atoms with Gasteiger partial charge in [0.2, 0.25) is 0 Å². The number of aromatic nitrogens is 2. The minimum Gasteiger partial charge on any atom is -0.157 e. The predicted molar refractivity (Wildman–Crippen MR) is 74.8 cm³/mol. The van der Waals surface area contributed by atoms with Crippen molar-refractivity contribution in [1.82, 2.24) is 10.2 Å². The summed E-state index contributed by atoms with van der Waals surface area (Å²) >= 11 is 9.43. The van der Waals surface area contributed by atoms with Gasteiger partial charge in [0, 0.05) is 10.6 Å². The summed E-state index contributed by atoms with van der Waals surface area (Å²) in [7, 11) is 0. The molecule has 0 radical (unpaired) electrons. The quantitative estimate of drug-likeness (QED) is 0.787. The van der Waals surface area contributed by atoms with E-state index in [1.165, 1.54) is 17.3 Å². The monoisotopic (exact) mass is 282 g/mol. The first-order valence-corrected chi connectivity index (χ1v) is 7.62. The molecule has 17 heavy (non-hydrogen) atoms. The largest absolute Gasteiger partial charge is 0.157 e. The van der Waals surface area contributed by atoms with Crippen LogP contribution in [0.5, 0.6) is 0 Å². The average molecular weight is 283 g/mol. The summed E-state index contributed by atoms with van der Waals surface area (Å²) in [5.41, 5.74) is 1.27. The van der Waals surface area contributed by atoms with Gasteiger partial charge >= 0.3 is 0 Å². The minimum absolute atomic E-state index is 0.702. The van der Waals surface area contributed by atoms with Crippen LogP contribution >= 0.6 is 35.1 Å². The SMILES string of the molecule is CSc1nncc(SCc2ccccc2)c1Cl. The third-order valence-electron chi connectivity index (χ3n) is 2.16. The molecule has 0 unspecified atom stereocenters. The molecule has 88 valence electrons.